The van der Waals surface area contributed by atoms with Crippen molar-refractivity contribution in [3.05, 3.63) is 112 Å². The van der Waals surface area contributed by atoms with E-state index in [0.29, 0.717) is 34.4 Å². The second-order valence-electron chi connectivity index (χ2n) is 9.92. The van der Waals surface area contributed by atoms with E-state index in [0.717, 1.165) is 42.8 Å². The van der Waals surface area contributed by atoms with Gasteiger partial charge in [-0.05, 0) is 68.5 Å². The van der Waals surface area contributed by atoms with Crippen LogP contribution in [0.5, 0.6) is 0 Å². The Balaban J connectivity index is 1.61. The van der Waals surface area contributed by atoms with Gasteiger partial charge in [0.2, 0.25) is 5.95 Å². The molecule has 0 atom stereocenters. The van der Waals surface area contributed by atoms with Gasteiger partial charge in [0, 0.05) is 34.8 Å². The molecule has 0 saturated heterocycles. The van der Waals surface area contributed by atoms with Crippen LogP contribution in [0.3, 0.4) is 0 Å². The third kappa shape index (κ3) is 6.60. The molecule has 5 aromatic rings. The molecule has 2 aromatic heterocycles. The van der Waals surface area contributed by atoms with E-state index < -0.39 is 22.9 Å². The number of benzene rings is 3. The quantitative estimate of drug-likeness (QED) is 0.182. The van der Waals surface area contributed by atoms with E-state index in [9.17, 15) is 18.4 Å². The second-order valence-corrected chi connectivity index (χ2v) is 9.92. The minimum absolute atomic E-state index is 0.0342. The molecule has 0 aliphatic heterocycles. The van der Waals surface area contributed by atoms with E-state index in [1.165, 1.54) is 18.2 Å². The summed E-state index contributed by atoms with van der Waals surface area (Å²) in [6.07, 6.45) is 0.803. The smallest absolute Gasteiger partial charge is 0.256 e. The fraction of sp³-hybridized carbons (Fsp3) is 0.212. The lowest BCUT2D eigenvalue weighted by Gasteiger charge is -2.18. The first kappa shape index (κ1) is 29.5. The highest BCUT2D eigenvalue weighted by Crippen LogP contribution is 2.30. The van der Waals surface area contributed by atoms with Crippen molar-refractivity contribution in [2.45, 2.75) is 20.3 Å². The fourth-order valence-electron chi connectivity index (χ4n) is 4.91. The zero-order chi connectivity index (χ0) is 30.3. The summed E-state index contributed by atoms with van der Waals surface area (Å²) in [5, 5.41) is 6.47. The number of halogens is 2. The van der Waals surface area contributed by atoms with E-state index in [1.807, 2.05) is 18.2 Å². The van der Waals surface area contributed by atoms with Crippen molar-refractivity contribution < 1.29 is 13.6 Å². The number of anilines is 2. The van der Waals surface area contributed by atoms with E-state index in [-0.39, 0.29) is 17.5 Å². The van der Waals surface area contributed by atoms with Crippen LogP contribution < -0.4 is 16.2 Å². The van der Waals surface area contributed by atoms with Crippen LogP contribution in [0.2, 0.25) is 0 Å². The Morgan fingerprint density at radius 1 is 0.884 bits per heavy atom. The highest BCUT2D eigenvalue weighted by Gasteiger charge is 2.20. The van der Waals surface area contributed by atoms with Crippen LogP contribution in [0.4, 0.5) is 20.4 Å². The Morgan fingerprint density at radius 2 is 1.60 bits per heavy atom. The standard InChI is InChI=1S/C33H32F2N6O2/c1-3-40(4-2)20-10-19-36-33-38-29(22-11-8-12-23(21-22)32(43)37-24-13-6-5-7-14-24)25-17-18-28(42)41(31(25)39-33)30-26(34)15-9-16-27(30)35/h5-9,11-18,21H,3-4,10,19-20H2,1-2H3,(H,37,43)(H,36,38,39). The lowest BCUT2D eigenvalue weighted by molar-refractivity contribution is 0.102. The maximum atomic E-state index is 15.0. The van der Waals surface area contributed by atoms with Crippen molar-refractivity contribution in [2.75, 3.05) is 36.8 Å². The number of nitrogens with one attached hydrogen (secondary N) is 2. The summed E-state index contributed by atoms with van der Waals surface area (Å²) in [4.78, 5) is 37.8. The number of pyridine rings is 1. The van der Waals surface area contributed by atoms with Gasteiger partial charge in [-0.2, -0.15) is 4.98 Å². The Bertz CT molecular complexity index is 1790. The minimum atomic E-state index is -0.900. The van der Waals surface area contributed by atoms with Crippen molar-refractivity contribution >= 4 is 28.6 Å². The zero-order valence-corrected chi connectivity index (χ0v) is 24.0. The average Bonchev–Trinajstić information content (AvgIpc) is 3.02. The number of carbonyl (C=O) groups excluding carboxylic acids is 1. The highest BCUT2D eigenvalue weighted by atomic mass is 19.1. The van der Waals surface area contributed by atoms with E-state index in [4.69, 9.17) is 4.98 Å². The van der Waals surface area contributed by atoms with Gasteiger partial charge in [-0.25, -0.2) is 13.8 Å². The molecule has 0 saturated carbocycles. The summed E-state index contributed by atoms with van der Waals surface area (Å²) < 4.78 is 30.9. The third-order valence-corrected chi connectivity index (χ3v) is 7.17. The zero-order valence-electron chi connectivity index (χ0n) is 24.0. The SMILES string of the molecule is CCN(CC)CCCNc1nc(-c2cccc(C(=O)Nc3ccccc3)c2)c2ccc(=O)n(-c3c(F)cccc3F)c2n1. The van der Waals surface area contributed by atoms with E-state index >= 15 is 0 Å². The number of carbonyl (C=O) groups is 1. The van der Waals surface area contributed by atoms with E-state index in [2.05, 4.69) is 34.4 Å². The molecule has 0 unspecified atom stereocenters. The Morgan fingerprint density at radius 3 is 2.33 bits per heavy atom. The highest BCUT2D eigenvalue weighted by molar-refractivity contribution is 6.05. The van der Waals surface area contributed by atoms with Gasteiger partial charge in [0.05, 0.1) is 5.69 Å². The van der Waals surface area contributed by atoms with Gasteiger partial charge in [0.1, 0.15) is 17.3 Å². The largest absolute Gasteiger partial charge is 0.354 e. The predicted molar refractivity (Wildman–Crippen MR) is 166 cm³/mol. The first-order valence-electron chi connectivity index (χ1n) is 14.2. The van der Waals surface area contributed by atoms with Gasteiger partial charge < -0.3 is 15.5 Å². The van der Waals surface area contributed by atoms with Crippen molar-refractivity contribution in [3.63, 3.8) is 0 Å². The number of para-hydroxylation sites is 2. The molecule has 0 fully saturated rings. The second kappa shape index (κ2) is 13.3. The van der Waals surface area contributed by atoms with Crippen LogP contribution in [0.25, 0.3) is 28.0 Å². The monoisotopic (exact) mass is 582 g/mol. The molecule has 2 N–H and O–H groups in total. The molecule has 10 heteroatoms. The number of hydrogen-bond acceptors (Lipinski definition) is 6. The maximum absolute atomic E-state index is 15.0. The summed E-state index contributed by atoms with van der Waals surface area (Å²) in [7, 11) is 0. The number of nitrogens with zero attached hydrogens (tertiary/aromatic N) is 4. The molecule has 0 bridgehead atoms. The molecule has 220 valence electrons. The molecule has 0 radical (unpaired) electrons. The molecule has 0 aliphatic carbocycles. The Hall–Kier alpha value is -4.96. The van der Waals surface area contributed by atoms with Crippen LogP contribution >= 0.6 is 0 Å². The maximum Gasteiger partial charge on any atom is 0.256 e. The molecule has 8 nitrogen and oxygen atoms in total. The third-order valence-electron chi connectivity index (χ3n) is 7.17. The topological polar surface area (TPSA) is 92.2 Å². The average molecular weight is 583 g/mol. The summed E-state index contributed by atoms with van der Waals surface area (Å²) >= 11 is 0. The van der Waals surface area contributed by atoms with Crippen molar-refractivity contribution in [2.24, 2.45) is 0 Å². The first-order chi connectivity index (χ1) is 20.9. The molecule has 0 spiro atoms. The van der Waals surface area contributed by atoms with Crippen LogP contribution in [0, 0.1) is 11.6 Å². The molecule has 2 heterocycles. The van der Waals surface area contributed by atoms with Crippen LogP contribution in [0.1, 0.15) is 30.6 Å². The Labute approximate surface area is 248 Å². The molecule has 3 aromatic carbocycles. The number of fused-ring (bicyclic) bond motifs is 1. The Kier molecular flexibility index (Phi) is 9.17. The van der Waals surface area contributed by atoms with Gasteiger partial charge in [-0.3, -0.25) is 14.2 Å². The number of rotatable bonds is 11. The normalized spacial score (nSPS) is 11.2. The number of hydrogen-bond donors (Lipinski definition) is 2. The molecule has 0 aliphatic rings. The summed E-state index contributed by atoms with van der Waals surface area (Å²) in [6, 6.07) is 22.1. The lowest BCUT2D eigenvalue weighted by atomic mass is 10.0. The molecule has 1 amide bonds. The number of aromatic nitrogens is 3. The van der Waals surface area contributed by atoms with Gasteiger partial charge >= 0.3 is 0 Å². The van der Waals surface area contributed by atoms with Crippen LogP contribution in [-0.2, 0) is 0 Å². The predicted octanol–water partition coefficient (Wildman–Crippen LogP) is 6.12. The summed E-state index contributed by atoms with van der Waals surface area (Å²) in [6.45, 7) is 7.47. The van der Waals surface area contributed by atoms with Crippen molar-refractivity contribution in [1.29, 1.82) is 0 Å². The molecular formula is C33H32F2N6O2. The van der Waals surface area contributed by atoms with Gasteiger partial charge in [-0.15, -0.1) is 0 Å². The molecule has 43 heavy (non-hydrogen) atoms. The van der Waals surface area contributed by atoms with Crippen molar-refractivity contribution in [1.82, 2.24) is 19.4 Å². The summed E-state index contributed by atoms with van der Waals surface area (Å²) in [5.41, 5.74) is 0.866. The fourth-order valence-corrected chi connectivity index (χ4v) is 4.91. The van der Waals surface area contributed by atoms with Crippen molar-refractivity contribution in [3.8, 4) is 16.9 Å². The first-order valence-corrected chi connectivity index (χ1v) is 14.2. The van der Waals surface area contributed by atoms with Gasteiger partial charge in [0.15, 0.2) is 5.65 Å². The summed E-state index contributed by atoms with van der Waals surface area (Å²) in [5.74, 6) is -1.92. The van der Waals surface area contributed by atoms with Crippen LogP contribution in [0.15, 0.2) is 89.7 Å². The van der Waals surface area contributed by atoms with E-state index in [1.54, 1.807) is 36.4 Å². The van der Waals surface area contributed by atoms with Gasteiger partial charge in [0.25, 0.3) is 11.5 Å². The number of amides is 1. The van der Waals surface area contributed by atoms with Crippen LogP contribution in [-0.4, -0.2) is 51.5 Å². The lowest BCUT2D eigenvalue weighted by Crippen LogP contribution is -2.25. The molecular weight excluding hydrogens is 550 g/mol. The molecule has 5 rings (SSSR count). The minimum Gasteiger partial charge on any atom is -0.354 e. The van der Waals surface area contributed by atoms with Gasteiger partial charge in [-0.1, -0.05) is 50.2 Å².